The molecule has 154 valence electrons. The monoisotopic (exact) mass is 415 g/mol. The fraction of sp³-hybridized carbons (Fsp3) is 0.500. The number of halogens is 1. The normalized spacial score (nSPS) is 17.4. The second-order valence-corrected chi connectivity index (χ2v) is 8.46. The molecule has 1 aliphatic carbocycles. The molecule has 0 atom stereocenters. The van der Waals surface area contributed by atoms with E-state index in [0.717, 1.165) is 47.5 Å². The second kappa shape index (κ2) is 8.19. The number of carbonyl (C=O) groups excluding carboxylic acids is 1. The molecule has 2 heterocycles. The zero-order chi connectivity index (χ0) is 20.5. The lowest BCUT2D eigenvalue weighted by molar-refractivity contribution is -0.134. The summed E-state index contributed by atoms with van der Waals surface area (Å²) in [6, 6.07) is 7.22. The second-order valence-electron chi connectivity index (χ2n) is 8.09. The molecule has 0 N–H and O–H groups in total. The average molecular weight is 416 g/mol. The minimum Gasteiger partial charge on any atom is -0.484 e. The van der Waals surface area contributed by atoms with Gasteiger partial charge >= 0.3 is 0 Å². The molecule has 1 aliphatic heterocycles. The van der Waals surface area contributed by atoms with Crippen molar-refractivity contribution in [1.29, 1.82) is 0 Å². The summed E-state index contributed by atoms with van der Waals surface area (Å²) in [4.78, 5) is 26.6. The number of rotatable bonds is 5. The van der Waals surface area contributed by atoms with Crippen molar-refractivity contribution in [2.75, 3.05) is 19.7 Å². The predicted octanol–water partition coefficient (Wildman–Crippen LogP) is 3.63. The summed E-state index contributed by atoms with van der Waals surface area (Å²) in [7, 11) is 0. The Bertz CT molecular complexity index is 953. The van der Waals surface area contributed by atoms with Crippen molar-refractivity contribution in [1.82, 2.24) is 14.7 Å². The molecule has 2 fully saturated rings. The third-order valence-corrected chi connectivity index (χ3v) is 6.37. The first-order valence-corrected chi connectivity index (χ1v) is 10.6. The van der Waals surface area contributed by atoms with E-state index < -0.39 is 0 Å². The number of piperidine rings is 1. The van der Waals surface area contributed by atoms with Crippen LogP contribution in [0.3, 0.4) is 0 Å². The molecule has 0 spiro atoms. The molecule has 29 heavy (non-hydrogen) atoms. The van der Waals surface area contributed by atoms with Crippen LogP contribution in [-0.2, 0) is 4.79 Å². The molecule has 1 saturated carbocycles. The highest BCUT2D eigenvalue weighted by atomic mass is 35.5. The van der Waals surface area contributed by atoms with E-state index in [0.29, 0.717) is 24.8 Å². The van der Waals surface area contributed by atoms with E-state index in [4.69, 9.17) is 16.3 Å². The Balaban J connectivity index is 1.33. The molecular weight excluding hydrogens is 390 g/mol. The van der Waals surface area contributed by atoms with Gasteiger partial charge in [0.2, 0.25) is 0 Å². The molecule has 1 saturated heterocycles. The summed E-state index contributed by atoms with van der Waals surface area (Å²) in [6.45, 7) is 5.05. The van der Waals surface area contributed by atoms with E-state index in [9.17, 15) is 9.59 Å². The summed E-state index contributed by atoms with van der Waals surface area (Å²) < 4.78 is 7.33. The maximum absolute atomic E-state index is 12.6. The summed E-state index contributed by atoms with van der Waals surface area (Å²) in [5.41, 5.74) is 2.82. The van der Waals surface area contributed by atoms with Gasteiger partial charge in [0.05, 0.1) is 11.7 Å². The summed E-state index contributed by atoms with van der Waals surface area (Å²) in [5, 5.41) is 5.32. The number of likely N-dealkylation sites (tertiary alicyclic amines) is 1. The first kappa shape index (κ1) is 20.0. The topological polar surface area (TPSA) is 64.4 Å². The predicted molar refractivity (Wildman–Crippen MR) is 112 cm³/mol. The van der Waals surface area contributed by atoms with Crippen LogP contribution < -0.4 is 10.3 Å². The van der Waals surface area contributed by atoms with Gasteiger partial charge in [0.25, 0.3) is 11.5 Å². The minimum absolute atomic E-state index is 0.000538. The fourth-order valence-corrected chi connectivity index (χ4v) is 3.99. The molecule has 0 bridgehead atoms. The van der Waals surface area contributed by atoms with Crippen molar-refractivity contribution in [3.8, 4) is 5.75 Å². The smallest absolute Gasteiger partial charge is 0.267 e. The summed E-state index contributed by atoms with van der Waals surface area (Å²) >= 11 is 6.18. The number of carbonyl (C=O) groups is 1. The van der Waals surface area contributed by atoms with Gasteiger partial charge in [-0.25, -0.2) is 4.68 Å². The van der Waals surface area contributed by atoms with Crippen LogP contribution in [0.5, 0.6) is 5.75 Å². The molecule has 2 aliphatic rings. The van der Waals surface area contributed by atoms with E-state index in [1.54, 1.807) is 10.7 Å². The number of hydrogen-bond donors (Lipinski definition) is 0. The molecule has 1 amide bonds. The SMILES string of the molecule is Cc1cc(OCC(=O)N2CCC(n3nc(C4CC4)ccc3=O)CC2)cc(C)c1Cl. The number of aryl methyl sites for hydroxylation is 2. The molecule has 2 aromatic rings. The lowest BCUT2D eigenvalue weighted by atomic mass is 10.1. The van der Waals surface area contributed by atoms with E-state index in [2.05, 4.69) is 5.10 Å². The Kier molecular flexibility index (Phi) is 5.63. The zero-order valence-corrected chi connectivity index (χ0v) is 17.6. The quantitative estimate of drug-likeness (QED) is 0.747. The number of ether oxygens (including phenoxy) is 1. The first-order chi connectivity index (χ1) is 13.9. The Morgan fingerprint density at radius 2 is 1.79 bits per heavy atom. The number of amides is 1. The average Bonchev–Trinajstić information content (AvgIpc) is 3.56. The van der Waals surface area contributed by atoms with Crippen LogP contribution in [0.15, 0.2) is 29.1 Å². The maximum Gasteiger partial charge on any atom is 0.267 e. The molecule has 1 aromatic carbocycles. The van der Waals surface area contributed by atoms with Crippen molar-refractivity contribution in [3.05, 3.63) is 56.5 Å². The highest BCUT2D eigenvalue weighted by Gasteiger charge is 2.28. The maximum atomic E-state index is 12.6. The van der Waals surface area contributed by atoms with Gasteiger partial charge in [0.15, 0.2) is 6.61 Å². The Morgan fingerprint density at radius 1 is 1.14 bits per heavy atom. The Labute approximate surface area is 175 Å². The molecule has 6 nitrogen and oxygen atoms in total. The molecular formula is C22H26ClN3O3. The number of aromatic nitrogens is 2. The zero-order valence-electron chi connectivity index (χ0n) is 16.9. The van der Waals surface area contributed by atoms with Gasteiger partial charge in [0.1, 0.15) is 5.75 Å². The summed E-state index contributed by atoms with van der Waals surface area (Å²) in [5.74, 6) is 1.13. The van der Waals surface area contributed by atoms with E-state index >= 15 is 0 Å². The minimum atomic E-state index is -0.0593. The molecule has 0 radical (unpaired) electrons. The van der Waals surface area contributed by atoms with Gasteiger partial charge in [-0.05, 0) is 68.9 Å². The highest BCUT2D eigenvalue weighted by Crippen LogP contribution is 2.38. The molecule has 4 rings (SSSR count). The number of hydrogen-bond acceptors (Lipinski definition) is 4. The van der Waals surface area contributed by atoms with Crippen molar-refractivity contribution < 1.29 is 9.53 Å². The van der Waals surface area contributed by atoms with Crippen LogP contribution in [0, 0.1) is 13.8 Å². The van der Waals surface area contributed by atoms with Crippen LogP contribution in [0.25, 0.3) is 0 Å². The van der Waals surface area contributed by atoms with Gasteiger partial charge in [-0.1, -0.05) is 11.6 Å². The van der Waals surface area contributed by atoms with E-state index in [-0.39, 0.29) is 24.1 Å². The fourth-order valence-electron chi connectivity index (χ4n) is 3.88. The van der Waals surface area contributed by atoms with Crippen LogP contribution >= 0.6 is 11.6 Å². The van der Waals surface area contributed by atoms with Crippen LogP contribution in [0.2, 0.25) is 5.02 Å². The number of benzene rings is 1. The van der Waals surface area contributed by atoms with Crippen LogP contribution in [0.1, 0.15) is 54.5 Å². The Hall–Kier alpha value is -2.34. The third-order valence-electron chi connectivity index (χ3n) is 5.78. The van der Waals surface area contributed by atoms with Gasteiger partial charge in [-0.3, -0.25) is 9.59 Å². The van der Waals surface area contributed by atoms with Crippen LogP contribution in [0.4, 0.5) is 0 Å². The molecule has 7 heteroatoms. The van der Waals surface area contributed by atoms with Crippen molar-refractivity contribution in [3.63, 3.8) is 0 Å². The van der Waals surface area contributed by atoms with Crippen molar-refractivity contribution >= 4 is 17.5 Å². The highest BCUT2D eigenvalue weighted by molar-refractivity contribution is 6.32. The van der Waals surface area contributed by atoms with E-state index in [1.807, 2.05) is 36.9 Å². The van der Waals surface area contributed by atoms with Crippen molar-refractivity contribution in [2.45, 2.75) is 51.5 Å². The van der Waals surface area contributed by atoms with Gasteiger partial charge < -0.3 is 9.64 Å². The third kappa shape index (κ3) is 4.47. The van der Waals surface area contributed by atoms with Crippen LogP contribution in [-0.4, -0.2) is 40.3 Å². The lowest BCUT2D eigenvalue weighted by Crippen LogP contribution is -2.43. The van der Waals surface area contributed by atoms with Gasteiger partial charge in [0, 0.05) is 30.1 Å². The summed E-state index contributed by atoms with van der Waals surface area (Å²) in [6.07, 6.45) is 3.77. The van der Waals surface area contributed by atoms with E-state index in [1.165, 1.54) is 0 Å². The standard InChI is InChI=1S/C22H26ClN3O3/c1-14-11-18(12-15(2)22(14)23)29-13-21(28)25-9-7-17(8-10-25)26-20(27)6-5-19(24-26)16-3-4-16/h5-6,11-12,16-17H,3-4,7-10,13H2,1-2H3. The first-order valence-electron chi connectivity index (χ1n) is 10.2. The lowest BCUT2D eigenvalue weighted by Gasteiger charge is -2.32. The van der Waals surface area contributed by atoms with Gasteiger partial charge in [-0.15, -0.1) is 0 Å². The molecule has 1 aromatic heterocycles. The Morgan fingerprint density at radius 3 is 2.41 bits per heavy atom. The van der Waals surface area contributed by atoms with Gasteiger partial charge in [-0.2, -0.15) is 5.10 Å². The number of nitrogens with zero attached hydrogens (tertiary/aromatic N) is 3. The van der Waals surface area contributed by atoms with Crippen molar-refractivity contribution in [2.24, 2.45) is 0 Å². The largest absolute Gasteiger partial charge is 0.484 e. The molecule has 0 unspecified atom stereocenters.